The van der Waals surface area contributed by atoms with Gasteiger partial charge >= 0.3 is 6.11 Å². The van der Waals surface area contributed by atoms with Crippen molar-refractivity contribution in [2.45, 2.75) is 20.0 Å². The Morgan fingerprint density at radius 2 is 1.15 bits per heavy atom. The zero-order valence-corrected chi connectivity index (χ0v) is 27.8. The molecular weight excluding hydrogens is 722 g/mol. The van der Waals surface area contributed by atoms with Crippen LogP contribution in [0.1, 0.15) is 34.7 Å². The molecule has 0 saturated heterocycles. The van der Waals surface area contributed by atoms with E-state index < -0.39 is 85.9 Å². The van der Waals surface area contributed by atoms with Crippen molar-refractivity contribution < 1.29 is 48.6 Å². The van der Waals surface area contributed by atoms with Gasteiger partial charge in [-0.3, -0.25) is 0 Å². The van der Waals surface area contributed by atoms with Gasteiger partial charge in [-0.05, 0) is 127 Å². The molecule has 54 heavy (non-hydrogen) atoms. The molecule has 0 unspecified atom stereocenters. The number of rotatable bonds is 5. The van der Waals surface area contributed by atoms with Crippen molar-refractivity contribution in [3.8, 4) is 63.5 Å². The van der Waals surface area contributed by atoms with E-state index in [0.717, 1.165) is 23.8 Å². The Labute approximate surface area is 301 Å². The summed E-state index contributed by atoms with van der Waals surface area (Å²) in [6.45, 7) is 3.29. The first-order valence-corrected chi connectivity index (χ1v) is 15.6. The van der Waals surface area contributed by atoms with Crippen LogP contribution in [0.4, 0.5) is 43.9 Å². The molecule has 0 N–H and O–H groups in total. The third kappa shape index (κ3) is 7.46. The minimum atomic E-state index is -4.85. The first-order valence-electron chi connectivity index (χ1n) is 15.6. The lowest BCUT2D eigenvalue weighted by molar-refractivity contribution is -0.189. The molecule has 0 saturated carbocycles. The zero-order chi connectivity index (χ0) is 38.9. The summed E-state index contributed by atoms with van der Waals surface area (Å²) in [5.74, 6) is 3.04. The van der Waals surface area contributed by atoms with Gasteiger partial charge in [0, 0.05) is 33.9 Å². The van der Waals surface area contributed by atoms with Crippen molar-refractivity contribution in [3.63, 3.8) is 0 Å². The summed E-state index contributed by atoms with van der Waals surface area (Å²) in [5, 5.41) is -1.58. The fraction of sp³-hybridized carbons (Fsp3) is 0.0698. The molecule has 1 nitrogen and oxygen atoms in total. The molecule has 6 aromatic rings. The third-order valence-electron chi connectivity index (χ3n) is 8.10. The standard InChI is InChI=1S/C43H20F10O/c1-3-4-5-6-24-7-9-25(10-8-24)11-12-26-17-33(44)32(15-23(26)2)27-16-29-21-36(47)40(42(51)39(29)35(46)18-27)43(52,53)54-30-13-14-31(34(45)22-30)28-19-37(48)41(50)38(49)20-28/h7-10,13-22H,1-2H3. The number of hydrogen-bond acceptors (Lipinski definition) is 1. The molecule has 0 spiro atoms. The summed E-state index contributed by atoms with van der Waals surface area (Å²) in [7, 11) is 0. The molecule has 0 radical (unpaired) electrons. The number of alkyl halides is 2. The molecule has 0 aromatic heterocycles. The van der Waals surface area contributed by atoms with Gasteiger partial charge in [-0.2, -0.15) is 8.78 Å². The molecular formula is C43H20F10O. The average molecular weight is 743 g/mol. The van der Waals surface area contributed by atoms with E-state index in [1.165, 1.54) is 6.07 Å². The minimum absolute atomic E-state index is 0.157. The summed E-state index contributed by atoms with van der Waals surface area (Å²) in [4.78, 5) is 0. The summed E-state index contributed by atoms with van der Waals surface area (Å²) in [5.41, 5.74) is -1.22. The second-order valence-electron chi connectivity index (χ2n) is 11.7. The Bertz CT molecular complexity index is 2660. The minimum Gasteiger partial charge on any atom is -0.429 e. The van der Waals surface area contributed by atoms with Gasteiger partial charge in [0.2, 0.25) is 0 Å². The molecule has 268 valence electrons. The van der Waals surface area contributed by atoms with Crippen LogP contribution < -0.4 is 4.74 Å². The van der Waals surface area contributed by atoms with E-state index in [0.29, 0.717) is 53.1 Å². The van der Waals surface area contributed by atoms with Crippen LogP contribution in [0.3, 0.4) is 0 Å². The van der Waals surface area contributed by atoms with E-state index in [9.17, 15) is 17.6 Å². The number of hydrogen-bond donors (Lipinski definition) is 0. The smallest absolute Gasteiger partial charge is 0.429 e. The highest BCUT2D eigenvalue weighted by molar-refractivity contribution is 5.89. The Hall–Kier alpha value is -6.64. The highest BCUT2D eigenvalue weighted by atomic mass is 19.3. The van der Waals surface area contributed by atoms with Gasteiger partial charge in [0.1, 0.15) is 40.4 Å². The van der Waals surface area contributed by atoms with Crippen LogP contribution in [0.2, 0.25) is 0 Å². The molecule has 0 fully saturated rings. The predicted octanol–water partition coefficient (Wildman–Crippen LogP) is 11.5. The first-order chi connectivity index (χ1) is 25.7. The molecule has 0 aliphatic rings. The second-order valence-corrected chi connectivity index (χ2v) is 11.7. The van der Waals surface area contributed by atoms with Gasteiger partial charge in [0.15, 0.2) is 17.5 Å². The highest BCUT2D eigenvalue weighted by Crippen LogP contribution is 2.41. The molecule has 6 rings (SSSR count). The molecule has 11 heteroatoms. The highest BCUT2D eigenvalue weighted by Gasteiger charge is 2.42. The monoisotopic (exact) mass is 742 g/mol. The topological polar surface area (TPSA) is 9.23 Å². The van der Waals surface area contributed by atoms with Crippen molar-refractivity contribution in [2.24, 2.45) is 0 Å². The van der Waals surface area contributed by atoms with Crippen LogP contribution in [-0.4, -0.2) is 0 Å². The van der Waals surface area contributed by atoms with Crippen molar-refractivity contribution in [2.75, 3.05) is 0 Å². The SMILES string of the molecule is CC#CC#Cc1ccc(C#Cc2cc(F)c(-c3cc(F)c4c(F)c(C(F)(F)Oc5ccc(-c6cc(F)c(F)c(F)c6)c(F)c5)c(F)cc4c3)cc2C)cc1. The number of ether oxygens (including phenoxy) is 1. The zero-order valence-electron chi connectivity index (χ0n) is 27.8. The lowest BCUT2D eigenvalue weighted by Crippen LogP contribution is -2.25. The van der Waals surface area contributed by atoms with E-state index in [1.54, 1.807) is 38.1 Å². The van der Waals surface area contributed by atoms with Crippen molar-refractivity contribution in [1.29, 1.82) is 0 Å². The van der Waals surface area contributed by atoms with Gasteiger partial charge in [-0.15, -0.1) is 0 Å². The van der Waals surface area contributed by atoms with Gasteiger partial charge < -0.3 is 4.74 Å². The lowest BCUT2D eigenvalue weighted by Gasteiger charge is -2.21. The largest absolute Gasteiger partial charge is 0.432 e. The average Bonchev–Trinajstić information content (AvgIpc) is 3.10. The molecule has 0 aliphatic heterocycles. The molecule has 6 aromatic carbocycles. The van der Waals surface area contributed by atoms with E-state index in [1.807, 2.05) is 0 Å². The van der Waals surface area contributed by atoms with Crippen molar-refractivity contribution >= 4 is 10.8 Å². The Morgan fingerprint density at radius 1 is 0.537 bits per heavy atom. The Morgan fingerprint density at radius 3 is 1.80 bits per heavy atom. The van der Waals surface area contributed by atoms with Crippen LogP contribution in [0.15, 0.2) is 84.9 Å². The molecule has 0 atom stereocenters. The molecule has 0 amide bonds. The Kier molecular flexibility index (Phi) is 10.2. The fourth-order valence-electron chi connectivity index (χ4n) is 5.52. The summed E-state index contributed by atoms with van der Waals surface area (Å²) in [6, 6.07) is 14.3. The fourth-order valence-corrected chi connectivity index (χ4v) is 5.52. The van der Waals surface area contributed by atoms with Gasteiger partial charge in [-0.1, -0.05) is 23.7 Å². The number of halogens is 10. The van der Waals surface area contributed by atoms with Gasteiger partial charge in [0.05, 0.1) is 5.39 Å². The summed E-state index contributed by atoms with van der Waals surface area (Å²) in [6.07, 6.45) is -4.85. The number of aryl methyl sites for hydroxylation is 1. The van der Waals surface area contributed by atoms with E-state index in [4.69, 9.17) is 0 Å². The van der Waals surface area contributed by atoms with Gasteiger partial charge in [-0.25, -0.2) is 35.1 Å². The maximum absolute atomic E-state index is 15.6. The molecule has 0 bridgehead atoms. The number of benzene rings is 6. The van der Waals surface area contributed by atoms with E-state index in [2.05, 4.69) is 40.3 Å². The summed E-state index contributed by atoms with van der Waals surface area (Å²) >= 11 is 0. The van der Waals surface area contributed by atoms with Crippen LogP contribution in [0.25, 0.3) is 33.0 Å². The lowest BCUT2D eigenvalue weighted by atomic mass is 9.95. The molecule has 0 heterocycles. The van der Waals surface area contributed by atoms with Crippen LogP contribution in [0, 0.1) is 89.0 Å². The van der Waals surface area contributed by atoms with Gasteiger partial charge in [0.25, 0.3) is 0 Å². The maximum Gasteiger partial charge on any atom is 0.432 e. The van der Waals surface area contributed by atoms with Crippen molar-refractivity contribution in [3.05, 3.63) is 159 Å². The Balaban J connectivity index is 1.28. The van der Waals surface area contributed by atoms with Crippen molar-refractivity contribution in [1.82, 2.24) is 0 Å². The first kappa shape index (κ1) is 37.1. The quantitative estimate of drug-likeness (QED) is 0.0971. The van der Waals surface area contributed by atoms with Crippen LogP contribution >= 0.6 is 0 Å². The van der Waals surface area contributed by atoms with E-state index >= 15 is 26.3 Å². The number of fused-ring (bicyclic) bond motifs is 1. The van der Waals surface area contributed by atoms with E-state index in [-0.39, 0.29) is 11.1 Å². The van der Waals surface area contributed by atoms with Crippen LogP contribution in [0.5, 0.6) is 5.75 Å². The third-order valence-corrected chi connectivity index (χ3v) is 8.10. The predicted molar refractivity (Wildman–Crippen MR) is 183 cm³/mol. The molecule has 0 aliphatic carbocycles. The van der Waals surface area contributed by atoms with Crippen LogP contribution in [-0.2, 0) is 6.11 Å². The maximum atomic E-state index is 15.6. The second kappa shape index (κ2) is 14.8. The normalized spacial score (nSPS) is 10.9. The summed E-state index contributed by atoms with van der Waals surface area (Å²) < 4.78 is 152.